The van der Waals surface area contributed by atoms with Crippen LogP contribution in [0, 0.1) is 0 Å². The number of alkyl halides is 3. The summed E-state index contributed by atoms with van der Waals surface area (Å²) < 4.78 is 36.8. The molecule has 0 heterocycles. The third kappa shape index (κ3) is 3.48. The highest BCUT2D eigenvalue weighted by atomic mass is 19.4. The second-order valence-corrected chi connectivity index (χ2v) is 3.26. The lowest BCUT2D eigenvalue weighted by atomic mass is 10.2. The average molecular weight is 241 g/mol. The molecule has 0 aliphatic heterocycles. The SMILES string of the molecule is C=CC(=C)C(=O)Nc1ccc(C(F)(F)F)cc1. The normalized spacial score (nSPS) is 10.8. The van der Waals surface area contributed by atoms with Crippen molar-refractivity contribution in [3.63, 3.8) is 0 Å². The van der Waals surface area contributed by atoms with Gasteiger partial charge in [-0.15, -0.1) is 0 Å². The minimum atomic E-state index is -4.38. The molecular formula is C12H10F3NO. The van der Waals surface area contributed by atoms with Gasteiger partial charge in [0.15, 0.2) is 0 Å². The van der Waals surface area contributed by atoms with Gasteiger partial charge in [-0.2, -0.15) is 13.2 Å². The van der Waals surface area contributed by atoms with E-state index in [0.717, 1.165) is 12.1 Å². The minimum Gasteiger partial charge on any atom is -0.322 e. The van der Waals surface area contributed by atoms with Gasteiger partial charge in [-0.25, -0.2) is 0 Å². The Kier molecular flexibility index (Phi) is 3.73. The maximum Gasteiger partial charge on any atom is 0.416 e. The molecule has 1 aromatic rings. The third-order valence-electron chi connectivity index (χ3n) is 2.01. The lowest BCUT2D eigenvalue weighted by Crippen LogP contribution is -2.12. The Bertz CT molecular complexity index is 446. The standard InChI is InChI=1S/C12H10F3NO/c1-3-8(2)11(17)16-10-6-4-9(5-7-10)12(13,14)15/h3-7H,1-2H2,(H,16,17). The third-order valence-corrected chi connectivity index (χ3v) is 2.01. The molecule has 0 saturated carbocycles. The van der Waals surface area contributed by atoms with Crippen LogP contribution in [0.1, 0.15) is 5.56 Å². The zero-order valence-corrected chi connectivity index (χ0v) is 8.84. The van der Waals surface area contributed by atoms with E-state index in [1.165, 1.54) is 18.2 Å². The predicted molar refractivity (Wildman–Crippen MR) is 59.4 cm³/mol. The molecule has 0 aliphatic rings. The fourth-order valence-corrected chi connectivity index (χ4v) is 1.05. The van der Waals surface area contributed by atoms with Gasteiger partial charge in [0.05, 0.1) is 5.56 Å². The molecule has 1 amide bonds. The highest BCUT2D eigenvalue weighted by Crippen LogP contribution is 2.29. The molecule has 17 heavy (non-hydrogen) atoms. The van der Waals surface area contributed by atoms with E-state index < -0.39 is 17.6 Å². The molecule has 0 unspecified atom stereocenters. The monoisotopic (exact) mass is 241 g/mol. The molecule has 90 valence electrons. The molecule has 0 spiro atoms. The summed E-state index contributed by atoms with van der Waals surface area (Å²) in [5, 5.41) is 2.39. The summed E-state index contributed by atoms with van der Waals surface area (Å²) in [5.41, 5.74) is -0.353. The number of carbonyl (C=O) groups is 1. The van der Waals surface area contributed by atoms with E-state index in [-0.39, 0.29) is 11.3 Å². The Morgan fingerprint density at radius 3 is 2.18 bits per heavy atom. The number of halogens is 3. The van der Waals surface area contributed by atoms with Crippen molar-refractivity contribution < 1.29 is 18.0 Å². The van der Waals surface area contributed by atoms with Gasteiger partial charge < -0.3 is 5.32 Å². The zero-order valence-electron chi connectivity index (χ0n) is 8.84. The smallest absolute Gasteiger partial charge is 0.322 e. The molecule has 1 aromatic carbocycles. The van der Waals surface area contributed by atoms with Crippen molar-refractivity contribution in [1.29, 1.82) is 0 Å². The predicted octanol–water partition coefficient (Wildman–Crippen LogP) is 3.39. The highest BCUT2D eigenvalue weighted by Gasteiger charge is 2.29. The van der Waals surface area contributed by atoms with Gasteiger partial charge >= 0.3 is 6.18 Å². The maximum absolute atomic E-state index is 12.3. The topological polar surface area (TPSA) is 29.1 Å². The maximum atomic E-state index is 12.3. The number of hydrogen-bond acceptors (Lipinski definition) is 1. The molecule has 0 aromatic heterocycles. The molecular weight excluding hydrogens is 231 g/mol. The van der Waals surface area contributed by atoms with Crippen molar-refractivity contribution in [2.24, 2.45) is 0 Å². The molecule has 0 atom stereocenters. The van der Waals surface area contributed by atoms with Crippen LogP contribution in [-0.2, 0) is 11.0 Å². The van der Waals surface area contributed by atoms with Gasteiger partial charge in [-0.05, 0) is 24.3 Å². The molecule has 1 N–H and O–H groups in total. The van der Waals surface area contributed by atoms with Crippen LogP contribution >= 0.6 is 0 Å². The number of anilines is 1. The van der Waals surface area contributed by atoms with Crippen molar-refractivity contribution in [2.45, 2.75) is 6.18 Å². The lowest BCUT2D eigenvalue weighted by Gasteiger charge is -2.08. The number of carbonyl (C=O) groups excluding carboxylic acids is 1. The molecule has 0 bridgehead atoms. The Balaban J connectivity index is 2.79. The van der Waals surface area contributed by atoms with E-state index in [9.17, 15) is 18.0 Å². The first-order chi connectivity index (χ1) is 7.84. The molecule has 1 rings (SSSR count). The van der Waals surface area contributed by atoms with E-state index in [1.807, 2.05) is 0 Å². The number of hydrogen-bond donors (Lipinski definition) is 1. The fraction of sp³-hybridized carbons (Fsp3) is 0.0833. The van der Waals surface area contributed by atoms with Crippen molar-refractivity contribution in [3.8, 4) is 0 Å². The summed E-state index contributed by atoms with van der Waals surface area (Å²) >= 11 is 0. The molecule has 0 fully saturated rings. The first-order valence-electron chi connectivity index (χ1n) is 4.64. The van der Waals surface area contributed by atoms with E-state index in [4.69, 9.17) is 0 Å². The number of nitrogens with one attached hydrogen (secondary N) is 1. The number of benzene rings is 1. The summed E-state index contributed by atoms with van der Waals surface area (Å²) in [5.74, 6) is -0.500. The van der Waals surface area contributed by atoms with Gasteiger partial charge in [-0.1, -0.05) is 19.2 Å². The van der Waals surface area contributed by atoms with Crippen LogP contribution in [-0.4, -0.2) is 5.91 Å². The van der Waals surface area contributed by atoms with Gasteiger partial charge in [0.25, 0.3) is 5.91 Å². The molecule has 2 nitrogen and oxygen atoms in total. The van der Waals surface area contributed by atoms with Crippen LogP contribution in [0.5, 0.6) is 0 Å². The van der Waals surface area contributed by atoms with Crippen LogP contribution < -0.4 is 5.32 Å². The fourth-order valence-electron chi connectivity index (χ4n) is 1.05. The van der Waals surface area contributed by atoms with Crippen molar-refractivity contribution >= 4 is 11.6 Å². The van der Waals surface area contributed by atoms with E-state index in [1.54, 1.807) is 0 Å². The average Bonchev–Trinajstić information content (AvgIpc) is 2.27. The van der Waals surface area contributed by atoms with Crippen molar-refractivity contribution in [3.05, 3.63) is 54.6 Å². The second kappa shape index (κ2) is 4.86. The molecule has 0 aliphatic carbocycles. The van der Waals surface area contributed by atoms with Crippen LogP contribution in [0.15, 0.2) is 49.1 Å². The van der Waals surface area contributed by atoms with Crippen LogP contribution in [0.2, 0.25) is 0 Å². The van der Waals surface area contributed by atoms with E-state index >= 15 is 0 Å². The summed E-state index contributed by atoms with van der Waals surface area (Å²) in [7, 11) is 0. The lowest BCUT2D eigenvalue weighted by molar-refractivity contribution is -0.137. The van der Waals surface area contributed by atoms with Crippen LogP contribution in [0.4, 0.5) is 18.9 Å². The molecule has 0 saturated heterocycles. The summed E-state index contributed by atoms with van der Waals surface area (Å²) in [6.45, 7) is 6.78. The largest absolute Gasteiger partial charge is 0.416 e. The van der Waals surface area contributed by atoms with Crippen LogP contribution in [0.25, 0.3) is 0 Å². The minimum absolute atomic E-state index is 0.143. The number of rotatable bonds is 3. The van der Waals surface area contributed by atoms with E-state index in [0.29, 0.717) is 0 Å². The first-order valence-corrected chi connectivity index (χ1v) is 4.64. The zero-order chi connectivity index (χ0) is 13.1. The van der Waals surface area contributed by atoms with E-state index in [2.05, 4.69) is 18.5 Å². The van der Waals surface area contributed by atoms with Gasteiger partial charge in [0.1, 0.15) is 0 Å². The summed E-state index contributed by atoms with van der Waals surface area (Å²) in [6.07, 6.45) is -3.12. The van der Waals surface area contributed by atoms with Crippen LogP contribution in [0.3, 0.4) is 0 Å². The molecule has 0 radical (unpaired) electrons. The van der Waals surface area contributed by atoms with Gasteiger partial charge in [0.2, 0.25) is 0 Å². The van der Waals surface area contributed by atoms with Gasteiger partial charge in [-0.3, -0.25) is 4.79 Å². The highest BCUT2D eigenvalue weighted by molar-refractivity contribution is 6.05. The Morgan fingerprint density at radius 1 is 1.24 bits per heavy atom. The quantitative estimate of drug-likeness (QED) is 0.637. The summed E-state index contributed by atoms with van der Waals surface area (Å²) in [4.78, 5) is 11.3. The Labute approximate surface area is 96.4 Å². The van der Waals surface area contributed by atoms with Crippen molar-refractivity contribution in [1.82, 2.24) is 0 Å². The Hall–Kier alpha value is -2.04. The Morgan fingerprint density at radius 2 is 1.76 bits per heavy atom. The second-order valence-electron chi connectivity index (χ2n) is 3.26. The number of amides is 1. The molecule has 5 heteroatoms. The van der Waals surface area contributed by atoms with Gasteiger partial charge in [0, 0.05) is 11.3 Å². The van der Waals surface area contributed by atoms with Crippen molar-refractivity contribution in [2.75, 3.05) is 5.32 Å². The summed E-state index contributed by atoms with van der Waals surface area (Å²) in [6, 6.07) is 4.15. The first kappa shape index (κ1) is 13.0.